The fraction of sp³-hybridized carbons (Fsp3) is 0.500. The molecule has 166 valence electrons. The molecule has 0 spiro atoms. The number of carbonyl (C=O) groups is 4. The Kier molecular flexibility index (Phi) is 12.5. The SMILES string of the molecule is CC(C)CC(=O)C1C(=O)c2ccccc2C1=O.O=C([O-])[C@H](O)[C@@H](O)[C@H](O)[C@H](O)CO.[Na+]. The summed E-state index contributed by atoms with van der Waals surface area (Å²) in [5.74, 6) is -3.84. The molecule has 31 heavy (non-hydrogen) atoms. The van der Waals surface area contributed by atoms with Gasteiger partial charge in [-0.15, -0.1) is 0 Å². The van der Waals surface area contributed by atoms with Gasteiger partial charge in [0.25, 0.3) is 0 Å². The fourth-order valence-electron chi connectivity index (χ4n) is 2.82. The molecule has 0 saturated heterocycles. The number of aliphatic carboxylic acids is 1. The fourth-order valence-corrected chi connectivity index (χ4v) is 2.82. The van der Waals surface area contributed by atoms with E-state index in [9.17, 15) is 24.3 Å². The Hall–Kier alpha value is -1.50. The van der Waals surface area contributed by atoms with Crippen molar-refractivity contribution in [2.24, 2.45) is 11.8 Å². The number of aliphatic hydroxyl groups excluding tert-OH is 5. The van der Waals surface area contributed by atoms with Gasteiger partial charge in [-0.25, -0.2) is 0 Å². The third kappa shape index (κ3) is 7.55. The van der Waals surface area contributed by atoms with Crippen LogP contribution in [-0.4, -0.2) is 79.9 Å². The summed E-state index contributed by atoms with van der Waals surface area (Å²) in [5, 5.41) is 53.4. The molecule has 0 bridgehead atoms. The number of carbonyl (C=O) groups excluding carboxylic acids is 4. The largest absolute Gasteiger partial charge is 1.00 e. The third-order valence-corrected chi connectivity index (χ3v) is 4.41. The van der Waals surface area contributed by atoms with E-state index in [0.717, 1.165) is 0 Å². The number of ketones is 3. The second-order valence-electron chi connectivity index (χ2n) is 7.27. The van der Waals surface area contributed by atoms with Gasteiger partial charge in [0.15, 0.2) is 17.3 Å². The Morgan fingerprint density at radius 1 is 0.968 bits per heavy atom. The van der Waals surface area contributed by atoms with Crippen molar-refractivity contribution in [2.45, 2.75) is 44.7 Å². The van der Waals surface area contributed by atoms with Crippen LogP contribution >= 0.6 is 0 Å². The van der Waals surface area contributed by atoms with E-state index in [0.29, 0.717) is 11.1 Å². The standard InChI is InChI=1S/C14H14O3.C6H12O7.Na/c1-8(2)7-11(15)12-13(16)9-5-3-4-6-10(9)14(12)17;7-1-2(8)3(9)4(10)5(11)6(12)13;/h3-6,8,12H,7H2,1-2H3;2-5,7-11H,1H2,(H,12,13);/q;;+1/p-1/t;2-,3-,4+,5-;/m.1./s1. The maximum Gasteiger partial charge on any atom is 1.00 e. The van der Waals surface area contributed by atoms with Crippen LogP contribution in [0.3, 0.4) is 0 Å². The average Bonchev–Trinajstić information content (AvgIpc) is 2.96. The summed E-state index contributed by atoms with van der Waals surface area (Å²) in [7, 11) is 0. The molecule has 11 heteroatoms. The predicted molar refractivity (Wildman–Crippen MR) is 99.2 cm³/mol. The molecule has 0 aliphatic heterocycles. The van der Waals surface area contributed by atoms with E-state index < -0.39 is 42.9 Å². The van der Waals surface area contributed by atoms with Crippen LogP contribution in [0.25, 0.3) is 0 Å². The summed E-state index contributed by atoms with van der Waals surface area (Å²) < 4.78 is 0. The topological polar surface area (TPSA) is 192 Å². The molecule has 0 unspecified atom stereocenters. The number of hydrogen-bond acceptors (Lipinski definition) is 10. The number of carboxylic acid groups (broad SMARTS) is 1. The molecule has 1 aliphatic rings. The number of rotatable bonds is 8. The molecule has 0 amide bonds. The third-order valence-electron chi connectivity index (χ3n) is 4.41. The molecule has 0 fully saturated rings. The maximum absolute atomic E-state index is 12.0. The molecule has 2 rings (SSSR count). The summed E-state index contributed by atoms with van der Waals surface area (Å²) in [5.41, 5.74) is 0.777. The van der Waals surface area contributed by atoms with Crippen molar-refractivity contribution in [2.75, 3.05) is 6.61 Å². The molecular weight excluding hydrogens is 423 g/mol. The molecule has 0 saturated carbocycles. The van der Waals surface area contributed by atoms with Gasteiger partial charge < -0.3 is 35.4 Å². The van der Waals surface area contributed by atoms with Gasteiger partial charge in [-0.05, 0) is 5.92 Å². The van der Waals surface area contributed by atoms with E-state index in [4.69, 9.17) is 25.5 Å². The zero-order valence-electron chi connectivity index (χ0n) is 17.5. The molecule has 5 N–H and O–H groups in total. The molecule has 0 aromatic heterocycles. The number of Topliss-reactive ketones (excluding diaryl/α,β-unsaturated/α-hetero) is 3. The monoisotopic (exact) mass is 448 g/mol. The Morgan fingerprint density at radius 2 is 1.42 bits per heavy atom. The van der Waals surface area contributed by atoms with E-state index in [1.807, 2.05) is 13.8 Å². The number of benzene rings is 1. The number of aliphatic hydroxyl groups is 5. The van der Waals surface area contributed by atoms with Crippen molar-refractivity contribution >= 4 is 23.3 Å². The van der Waals surface area contributed by atoms with Crippen molar-refractivity contribution in [1.82, 2.24) is 0 Å². The second kappa shape index (κ2) is 13.1. The van der Waals surface area contributed by atoms with Crippen LogP contribution in [0, 0.1) is 11.8 Å². The van der Waals surface area contributed by atoms with Gasteiger partial charge in [-0.1, -0.05) is 38.1 Å². The molecule has 1 aliphatic carbocycles. The zero-order chi connectivity index (χ0) is 23.2. The van der Waals surface area contributed by atoms with Crippen molar-refractivity contribution in [3.05, 3.63) is 35.4 Å². The Morgan fingerprint density at radius 3 is 1.77 bits per heavy atom. The number of fused-ring (bicyclic) bond motifs is 1. The van der Waals surface area contributed by atoms with E-state index in [1.165, 1.54) is 0 Å². The Bertz CT molecular complexity index is 759. The van der Waals surface area contributed by atoms with Crippen molar-refractivity contribution in [3.63, 3.8) is 0 Å². The van der Waals surface area contributed by atoms with Crippen LogP contribution in [0.4, 0.5) is 0 Å². The molecule has 1 aromatic rings. The van der Waals surface area contributed by atoms with Gasteiger partial charge in [-0.2, -0.15) is 0 Å². The van der Waals surface area contributed by atoms with Crippen LogP contribution in [0.1, 0.15) is 41.0 Å². The quantitative estimate of drug-likeness (QED) is 0.189. The van der Waals surface area contributed by atoms with Crippen molar-refractivity contribution < 1.29 is 79.4 Å². The number of carboxylic acids is 1. The summed E-state index contributed by atoms with van der Waals surface area (Å²) in [4.78, 5) is 45.9. The Balaban J connectivity index is 0.000000586. The van der Waals surface area contributed by atoms with E-state index in [-0.39, 0.29) is 59.2 Å². The predicted octanol–water partition coefficient (Wildman–Crippen LogP) is -5.53. The second-order valence-corrected chi connectivity index (χ2v) is 7.27. The van der Waals surface area contributed by atoms with E-state index in [2.05, 4.69) is 0 Å². The van der Waals surface area contributed by atoms with Gasteiger partial charge >= 0.3 is 29.6 Å². The van der Waals surface area contributed by atoms with Crippen LogP contribution in [0.2, 0.25) is 0 Å². The van der Waals surface area contributed by atoms with Gasteiger partial charge in [0.2, 0.25) is 0 Å². The maximum atomic E-state index is 12.0. The molecule has 1 aromatic carbocycles. The molecule has 0 radical (unpaired) electrons. The van der Waals surface area contributed by atoms with Gasteiger partial charge in [0, 0.05) is 17.5 Å². The molecular formula is C20H25NaO10. The smallest absolute Gasteiger partial charge is 0.547 e. The summed E-state index contributed by atoms with van der Waals surface area (Å²) in [6, 6.07) is 6.63. The average molecular weight is 448 g/mol. The van der Waals surface area contributed by atoms with E-state index >= 15 is 0 Å². The van der Waals surface area contributed by atoms with Crippen molar-refractivity contribution in [3.8, 4) is 0 Å². The van der Waals surface area contributed by atoms with E-state index in [1.54, 1.807) is 24.3 Å². The first kappa shape index (κ1) is 29.5. The summed E-state index contributed by atoms with van der Waals surface area (Å²) >= 11 is 0. The van der Waals surface area contributed by atoms with Crippen LogP contribution in [0.5, 0.6) is 0 Å². The number of hydrogen-bond donors (Lipinski definition) is 5. The van der Waals surface area contributed by atoms with Crippen LogP contribution in [0.15, 0.2) is 24.3 Å². The van der Waals surface area contributed by atoms with Gasteiger partial charge in [0.1, 0.15) is 30.3 Å². The molecule has 4 atom stereocenters. The first-order chi connectivity index (χ1) is 13.9. The molecule has 0 heterocycles. The zero-order valence-corrected chi connectivity index (χ0v) is 19.5. The first-order valence-corrected chi connectivity index (χ1v) is 9.18. The normalized spacial score (nSPS) is 17.0. The minimum absolute atomic E-state index is 0. The van der Waals surface area contributed by atoms with Gasteiger partial charge in [-0.3, -0.25) is 14.4 Å². The van der Waals surface area contributed by atoms with Crippen LogP contribution < -0.4 is 34.7 Å². The minimum Gasteiger partial charge on any atom is -0.547 e. The van der Waals surface area contributed by atoms with Crippen LogP contribution in [-0.2, 0) is 9.59 Å². The van der Waals surface area contributed by atoms with Gasteiger partial charge in [0.05, 0.1) is 12.6 Å². The minimum atomic E-state index is -2.31. The first-order valence-electron chi connectivity index (χ1n) is 9.18. The molecule has 10 nitrogen and oxygen atoms in total. The summed E-state index contributed by atoms with van der Waals surface area (Å²) in [6.07, 6.45) is -7.80. The summed E-state index contributed by atoms with van der Waals surface area (Å²) in [6.45, 7) is 2.93. The Labute approximate surface area is 200 Å². The van der Waals surface area contributed by atoms with Crippen molar-refractivity contribution in [1.29, 1.82) is 0 Å².